The minimum atomic E-state index is -4.47. The third-order valence-electron chi connectivity index (χ3n) is 4.19. The summed E-state index contributed by atoms with van der Waals surface area (Å²) in [5.41, 5.74) is 3.71. The Labute approximate surface area is 170 Å². The molecule has 0 spiro atoms. The van der Waals surface area contributed by atoms with Gasteiger partial charge in [0.15, 0.2) is 0 Å². The van der Waals surface area contributed by atoms with E-state index >= 15 is 0 Å². The van der Waals surface area contributed by atoms with Crippen LogP contribution in [0.15, 0.2) is 53.6 Å². The van der Waals surface area contributed by atoms with E-state index in [2.05, 4.69) is 39.8 Å². The van der Waals surface area contributed by atoms with E-state index in [0.29, 0.717) is 5.92 Å². The molecule has 0 fully saturated rings. The van der Waals surface area contributed by atoms with Crippen molar-refractivity contribution in [1.29, 1.82) is 0 Å². The fourth-order valence-corrected chi connectivity index (χ4v) is 2.57. The van der Waals surface area contributed by atoms with Crippen molar-refractivity contribution >= 4 is 12.1 Å². The van der Waals surface area contributed by atoms with Crippen molar-refractivity contribution in [2.45, 2.75) is 32.5 Å². The van der Waals surface area contributed by atoms with Gasteiger partial charge in [0.25, 0.3) is 5.91 Å². The molecule has 30 heavy (non-hydrogen) atoms. The van der Waals surface area contributed by atoms with Gasteiger partial charge >= 0.3 is 6.18 Å². The van der Waals surface area contributed by atoms with Crippen LogP contribution in [0.25, 0.3) is 11.4 Å². The molecule has 0 atom stereocenters. The molecule has 1 amide bonds. The van der Waals surface area contributed by atoms with Gasteiger partial charge in [0.1, 0.15) is 6.54 Å². The number of aromatic nitrogens is 4. The summed E-state index contributed by atoms with van der Waals surface area (Å²) in [4.78, 5) is 13.0. The molecule has 0 aliphatic rings. The van der Waals surface area contributed by atoms with Gasteiger partial charge in [0.2, 0.25) is 5.82 Å². The molecule has 1 aromatic heterocycles. The zero-order valence-corrected chi connectivity index (χ0v) is 16.3. The van der Waals surface area contributed by atoms with Crippen molar-refractivity contribution in [2.75, 3.05) is 0 Å². The Hall–Kier alpha value is -3.56. The van der Waals surface area contributed by atoms with Crippen LogP contribution in [0.3, 0.4) is 0 Å². The monoisotopic (exact) mass is 416 g/mol. The number of nitrogens with zero attached hydrogens (tertiary/aromatic N) is 5. The van der Waals surface area contributed by atoms with Crippen LogP contribution in [0.4, 0.5) is 13.2 Å². The first-order valence-corrected chi connectivity index (χ1v) is 9.09. The summed E-state index contributed by atoms with van der Waals surface area (Å²) in [5, 5.41) is 15.2. The number of rotatable bonds is 6. The molecular formula is C20H19F3N6O. The van der Waals surface area contributed by atoms with E-state index in [-0.39, 0.29) is 17.9 Å². The summed E-state index contributed by atoms with van der Waals surface area (Å²) in [5.74, 6) is -0.0904. The van der Waals surface area contributed by atoms with Gasteiger partial charge in [-0.2, -0.15) is 23.1 Å². The SMILES string of the molecule is CC(C)c1ccc(/C=N\NC(=O)Cn2nnc(-c3cccc(C(F)(F)F)c3)n2)cc1. The number of tetrazole rings is 1. The fourth-order valence-electron chi connectivity index (χ4n) is 2.57. The maximum atomic E-state index is 12.8. The molecule has 3 rings (SSSR count). The second-order valence-electron chi connectivity index (χ2n) is 6.84. The van der Waals surface area contributed by atoms with Crippen LogP contribution in [0, 0.1) is 0 Å². The molecule has 7 nitrogen and oxygen atoms in total. The van der Waals surface area contributed by atoms with Gasteiger partial charge in [-0.15, -0.1) is 10.2 Å². The maximum Gasteiger partial charge on any atom is 0.416 e. The highest BCUT2D eigenvalue weighted by Gasteiger charge is 2.30. The lowest BCUT2D eigenvalue weighted by molar-refractivity contribution is -0.137. The van der Waals surface area contributed by atoms with E-state index < -0.39 is 17.6 Å². The molecule has 1 N–H and O–H groups in total. The van der Waals surface area contributed by atoms with E-state index in [4.69, 9.17) is 0 Å². The topological polar surface area (TPSA) is 85.1 Å². The van der Waals surface area contributed by atoms with Crippen LogP contribution < -0.4 is 5.43 Å². The van der Waals surface area contributed by atoms with Crippen LogP contribution in [-0.2, 0) is 17.5 Å². The van der Waals surface area contributed by atoms with Gasteiger partial charge in [-0.05, 0) is 34.4 Å². The number of halogens is 3. The highest BCUT2D eigenvalue weighted by Crippen LogP contribution is 2.31. The molecule has 0 unspecified atom stereocenters. The summed E-state index contributed by atoms with van der Waals surface area (Å²) in [7, 11) is 0. The Kier molecular flexibility index (Phi) is 6.24. The van der Waals surface area contributed by atoms with Crippen molar-refractivity contribution in [3.05, 3.63) is 65.2 Å². The summed E-state index contributed by atoms with van der Waals surface area (Å²) in [6, 6.07) is 12.3. The van der Waals surface area contributed by atoms with E-state index in [9.17, 15) is 18.0 Å². The fraction of sp³-hybridized carbons (Fsp3) is 0.250. The largest absolute Gasteiger partial charge is 0.416 e. The number of hydrogen-bond acceptors (Lipinski definition) is 5. The number of amides is 1. The van der Waals surface area contributed by atoms with Crippen molar-refractivity contribution < 1.29 is 18.0 Å². The summed E-state index contributed by atoms with van der Waals surface area (Å²) >= 11 is 0. The Morgan fingerprint density at radius 2 is 1.93 bits per heavy atom. The number of hydrazone groups is 1. The molecule has 1 heterocycles. The van der Waals surface area contributed by atoms with Gasteiger partial charge in [-0.3, -0.25) is 4.79 Å². The smallest absolute Gasteiger partial charge is 0.271 e. The highest BCUT2D eigenvalue weighted by molar-refractivity contribution is 5.82. The van der Waals surface area contributed by atoms with Crippen LogP contribution >= 0.6 is 0 Å². The van der Waals surface area contributed by atoms with Crippen LogP contribution in [0.1, 0.15) is 36.5 Å². The van der Waals surface area contributed by atoms with E-state index in [0.717, 1.165) is 22.5 Å². The second kappa shape index (κ2) is 8.85. The molecule has 0 aliphatic carbocycles. The van der Waals surface area contributed by atoms with Gasteiger partial charge in [-0.1, -0.05) is 50.2 Å². The first-order valence-electron chi connectivity index (χ1n) is 9.09. The minimum Gasteiger partial charge on any atom is -0.271 e. The molecule has 10 heteroatoms. The molecule has 2 aromatic carbocycles. The van der Waals surface area contributed by atoms with E-state index in [1.54, 1.807) is 0 Å². The third-order valence-corrected chi connectivity index (χ3v) is 4.19. The van der Waals surface area contributed by atoms with Crippen molar-refractivity contribution in [1.82, 2.24) is 25.6 Å². The molecule has 0 saturated carbocycles. The lowest BCUT2D eigenvalue weighted by Gasteiger charge is -2.06. The summed E-state index contributed by atoms with van der Waals surface area (Å²) in [6.07, 6.45) is -2.97. The van der Waals surface area contributed by atoms with Crippen LogP contribution in [-0.4, -0.2) is 32.3 Å². The number of hydrogen-bond donors (Lipinski definition) is 1. The maximum absolute atomic E-state index is 12.8. The van der Waals surface area contributed by atoms with Crippen LogP contribution in [0.5, 0.6) is 0 Å². The average Bonchev–Trinajstić information content (AvgIpc) is 3.16. The Morgan fingerprint density at radius 1 is 1.20 bits per heavy atom. The van der Waals surface area contributed by atoms with Gasteiger partial charge in [0, 0.05) is 5.56 Å². The Morgan fingerprint density at radius 3 is 2.60 bits per heavy atom. The first-order chi connectivity index (χ1) is 14.2. The molecule has 0 radical (unpaired) electrons. The number of nitrogens with one attached hydrogen (secondary N) is 1. The first kappa shape index (κ1) is 21.2. The standard InChI is InChI=1S/C20H19F3N6O/c1-13(2)15-8-6-14(7-9-15)11-24-25-18(30)12-29-27-19(26-28-29)16-4-3-5-17(10-16)20(21,22)23/h3-11,13H,12H2,1-2H3,(H,25,30)/b24-11-. The quantitative estimate of drug-likeness (QED) is 0.491. The molecule has 3 aromatic rings. The predicted octanol–water partition coefficient (Wildman–Crippen LogP) is 3.63. The molecule has 0 bridgehead atoms. The van der Waals surface area contributed by atoms with Crippen molar-refractivity contribution in [3.63, 3.8) is 0 Å². The lowest BCUT2D eigenvalue weighted by atomic mass is 10.0. The highest BCUT2D eigenvalue weighted by atomic mass is 19.4. The van der Waals surface area contributed by atoms with Gasteiger partial charge < -0.3 is 0 Å². The van der Waals surface area contributed by atoms with Gasteiger partial charge in [0.05, 0.1) is 11.8 Å². The molecular weight excluding hydrogens is 397 g/mol. The van der Waals surface area contributed by atoms with Crippen molar-refractivity contribution in [2.24, 2.45) is 5.10 Å². The van der Waals surface area contributed by atoms with Crippen molar-refractivity contribution in [3.8, 4) is 11.4 Å². The molecule has 156 valence electrons. The van der Waals surface area contributed by atoms with E-state index in [1.165, 1.54) is 23.9 Å². The number of benzene rings is 2. The second-order valence-corrected chi connectivity index (χ2v) is 6.84. The lowest BCUT2D eigenvalue weighted by Crippen LogP contribution is -2.24. The summed E-state index contributed by atoms with van der Waals surface area (Å²) < 4.78 is 38.5. The zero-order valence-electron chi connectivity index (χ0n) is 16.3. The van der Waals surface area contributed by atoms with Crippen LogP contribution in [0.2, 0.25) is 0 Å². The number of alkyl halides is 3. The average molecular weight is 416 g/mol. The zero-order chi connectivity index (χ0) is 21.7. The summed E-state index contributed by atoms with van der Waals surface area (Å²) in [6.45, 7) is 3.91. The predicted molar refractivity (Wildman–Crippen MR) is 105 cm³/mol. The minimum absolute atomic E-state index is 0.0114. The molecule has 0 saturated heterocycles. The Bertz CT molecular complexity index is 1040. The molecule has 0 aliphatic heterocycles. The van der Waals surface area contributed by atoms with Gasteiger partial charge in [-0.25, -0.2) is 5.43 Å². The van der Waals surface area contributed by atoms with E-state index in [1.807, 2.05) is 24.3 Å². The number of carbonyl (C=O) groups is 1. The normalized spacial score (nSPS) is 11.9. The number of carbonyl (C=O) groups excluding carboxylic acids is 1. The third kappa shape index (κ3) is 5.49. The Balaban J connectivity index is 1.58.